The van der Waals surface area contributed by atoms with Gasteiger partial charge in [0.1, 0.15) is 12.0 Å². The van der Waals surface area contributed by atoms with Crippen molar-refractivity contribution in [1.29, 1.82) is 0 Å². The number of carbonyl (C=O) groups excluding carboxylic acids is 1. The summed E-state index contributed by atoms with van der Waals surface area (Å²) in [6.45, 7) is 3.82. The number of unbranched alkanes of at least 4 members (excludes halogenated alkanes) is 1. The number of rotatable bonds is 13. The van der Waals surface area contributed by atoms with Crippen LogP contribution in [0.25, 0.3) is 0 Å². The summed E-state index contributed by atoms with van der Waals surface area (Å²) in [5.41, 5.74) is -0.107. The maximum atomic E-state index is 13.6. The Bertz CT molecular complexity index is 1090. The molecule has 2 rings (SSSR count). The second-order valence-corrected chi connectivity index (χ2v) is 10.1. The van der Waals surface area contributed by atoms with Gasteiger partial charge in [0.15, 0.2) is 9.84 Å². The van der Waals surface area contributed by atoms with Crippen molar-refractivity contribution in [3.05, 3.63) is 75.9 Å². The molecule has 0 bridgehead atoms. The minimum absolute atomic E-state index is 0.0205. The summed E-state index contributed by atoms with van der Waals surface area (Å²) in [6, 6.07) is 10.9. The second-order valence-electron chi connectivity index (χ2n) is 8.19. The van der Waals surface area contributed by atoms with Crippen LogP contribution in [0.2, 0.25) is 0 Å². The number of nitrogens with zero attached hydrogens (tertiary/aromatic N) is 1. The highest BCUT2D eigenvalue weighted by molar-refractivity contribution is 7.91. The van der Waals surface area contributed by atoms with Gasteiger partial charge in [0, 0.05) is 17.5 Å². The highest BCUT2D eigenvalue weighted by Gasteiger charge is 2.36. The average Bonchev–Trinajstić information content (AvgIpc) is 2.81. The van der Waals surface area contributed by atoms with Crippen LogP contribution in [0.3, 0.4) is 0 Å². The van der Waals surface area contributed by atoms with E-state index >= 15 is 0 Å². The number of ether oxygens (including phenoxy) is 1. The maximum Gasteiger partial charge on any atom is 0.269 e. The number of nitro benzene ring substituents is 1. The maximum absolute atomic E-state index is 13.6. The molecule has 0 amide bonds. The SMILES string of the molecule is C/C=C/CC(C=O)(CCCC)CS(=O)(=O)c1ccc([N+](=O)[O-])cc1Cc1ccc(OC)cc1. The van der Waals surface area contributed by atoms with E-state index in [0.29, 0.717) is 24.2 Å². The van der Waals surface area contributed by atoms with Crippen molar-refractivity contribution in [2.45, 2.75) is 50.8 Å². The summed E-state index contributed by atoms with van der Waals surface area (Å²) in [7, 11) is -2.36. The lowest BCUT2D eigenvalue weighted by Crippen LogP contribution is -2.32. The monoisotopic (exact) mass is 473 g/mol. The first kappa shape index (κ1) is 26.3. The van der Waals surface area contributed by atoms with E-state index in [4.69, 9.17) is 4.74 Å². The minimum Gasteiger partial charge on any atom is -0.497 e. The number of sulfone groups is 1. The first-order valence-corrected chi connectivity index (χ1v) is 12.6. The fourth-order valence-electron chi connectivity index (χ4n) is 3.80. The van der Waals surface area contributed by atoms with Crippen molar-refractivity contribution < 1.29 is 22.9 Å². The number of allylic oxidation sites excluding steroid dienone is 2. The third-order valence-corrected chi connectivity index (χ3v) is 7.68. The highest BCUT2D eigenvalue weighted by atomic mass is 32.2. The molecule has 0 fully saturated rings. The topological polar surface area (TPSA) is 104 Å². The summed E-state index contributed by atoms with van der Waals surface area (Å²) in [5, 5.41) is 11.3. The summed E-state index contributed by atoms with van der Waals surface area (Å²) < 4.78 is 32.3. The number of methoxy groups -OCH3 is 1. The van der Waals surface area contributed by atoms with Crippen molar-refractivity contribution in [2.75, 3.05) is 12.9 Å². The van der Waals surface area contributed by atoms with Crippen molar-refractivity contribution in [3.63, 3.8) is 0 Å². The molecular formula is C25H31NO6S. The largest absolute Gasteiger partial charge is 0.497 e. The predicted octanol–water partition coefficient (Wildman–Crippen LogP) is 5.31. The van der Waals surface area contributed by atoms with Crippen LogP contribution in [-0.2, 0) is 21.1 Å². The Morgan fingerprint density at radius 3 is 2.39 bits per heavy atom. The fraction of sp³-hybridized carbons (Fsp3) is 0.400. The Balaban J connectivity index is 2.52. The standard InChI is InChI=1S/C25H31NO6S/c1-4-6-14-25(18-27,15-7-5-2)19-33(30,31)24-13-10-22(26(28)29)17-21(24)16-20-8-11-23(32-3)12-9-20/h4,6,8-13,17-18H,5,7,14-16,19H2,1-3H3/b6-4+. The highest BCUT2D eigenvalue weighted by Crippen LogP contribution is 2.34. The number of non-ortho nitro benzene ring substituents is 1. The molecule has 178 valence electrons. The van der Waals surface area contributed by atoms with Crippen LogP contribution >= 0.6 is 0 Å². The Hall–Kier alpha value is -3.00. The molecule has 33 heavy (non-hydrogen) atoms. The number of hydrogen-bond donors (Lipinski definition) is 0. The van der Waals surface area contributed by atoms with E-state index in [1.165, 1.54) is 18.2 Å². The Labute approximate surface area is 195 Å². The van der Waals surface area contributed by atoms with Crippen LogP contribution in [0, 0.1) is 15.5 Å². The molecule has 1 atom stereocenters. The molecule has 2 aromatic rings. The van der Waals surface area contributed by atoms with Crippen LogP contribution in [0.5, 0.6) is 5.75 Å². The summed E-state index contributed by atoms with van der Waals surface area (Å²) in [4.78, 5) is 23.0. The van der Waals surface area contributed by atoms with Gasteiger partial charge in [-0.3, -0.25) is 10.1 Å². The van der Waals surface area contributed by atoms with E-state index in [-0.39, 0.29) is 22.8 Å². The first-order chi connectivity index (χ1) is 15.7. The molecular weight excluding hydrogens is 442 g/mol. The average molecular weight is 474 g/mol. The number of nitro groups is 1. The normalized spacial score (nSPS) is 13.5. The lowest BCUT2D eigenvalue weighted by atomic mass is 9.83. The molecule has 0 N–H and O–H groups in total. The quantitative estimate of drug-likeness (QED) is 0.169. The van der Waals surface area contributed by atoms with Gasteiger partial charge in [-0.05, 0) is 55.5 Å². The molecule has 0 aliphatic rings. The van der Waals surface area contributed by atoms with Crippen molar-refractivity contribution >= 4 is 21.8 Å². The molecule has 0 aromatic heterocycles. The molecule has 0 saturated carbocycles. The lowest BCUT2D eigenvalue weighted by molar-refractivity contribution is -0.385. The van der Waals surface area contributed by atoms with E-state index in [1.807, 2.05) is 19.9 Å². The van der Waals surface area contributed by atoms with Gasteiger partial charge in [-0.25, -0.2) is 8.42 Å². The van der Waals surface area contributed by atoms with Crippen molar-refractivity contribution in [1.82, 2.24) is 0 Å². The van der Waals surface area contributed by atoms with Gasteiger partial charge in [-0.15, -0.1) is 0 Å². The third-order valence-electron chi connectivity index (χ3n) is 5.66. The molecule has 0 aliphatic carbocycles. The molecule has 7 nitrogen and oxygen atoms in total. The van der Waals surface area contributed by atoms with Crippen molar-refractivity contribution in [2.24, 2.45) is 5.41 Å². The van der Waals surface area contributed by atoms with Gasteiger partial charge in [0.25, 0.3) is 5.69 Å². The van der Waals surface area contributed by atoms with Crippen LogP contribution in [0.1, 0.15) is 50.7 Å². The number of benzene rings is 2. The van der Waals surface area contributed by atoms with E-state index in [0.717, 1.165) is 24.7 Å². The second kappa shape index (κ2) is 11.7. The van der Waals surface area contributed by atoms with Crippen LogP contribution in [-0.4, -0.2) is 32.5 Å². The van der Waals surface area contributed by atoms with Crippen molar-refractivity contribution in [3.8, 4) is 5.75 Å². The van der Waals surface area contributed by atoms with Gasteiger partial charge in [0.2, 0.25) is 0 Å². The smallest absolute Gasteiger partial charge is 0.269 e. The van der Waals surface area contributed by atoms with Crippen LogP contribution in [0.15, 0.2) is 59.5 Å². The number of hydrogen-bond acceptors (Lipinski definition) is 6. The van der Waals surface area contributed by atoms with Gasteiger partial charge < -0.3 is 9.53 Å². The molecule has 0 heterocycles. The first-order valence-electron chi connectivity index (χ1n) is 10.9. The van der Waals surface area contributed by atoms with Crippen LogP contribution < -0.4 is 4.74 Å². The molecule has 0 aliphatic heterocycles. The summed E-state index contributed by atoms with van der Waals surface area (Å²) >= 11 is 0. The van der Waals surface area contributed by atoms with Gasteiger partial charge >= 0.3 is 0 Å². The zero-order chi connectivity index (χ0) is 24.5. The van der Waals surface area contributed by atoms with E-state index in [1.54, 1.807) is 37.5 Å². The molecule has 0 saturated heterocycles. The lowest BCUT2D eigenvalue weighted by Gasteiger charge is -2.27. The van der Waals surface area contributed by atoms with E-state index in [9.17, 15) is 23.3 Å². The van der Waals surface area contributed by atoms with Crippen LogP contribution in [0.4, 0.5) is 5.69 Å². The molecule has 0 spiro atoms. The van der Waals surface area contributed by atoms with Gasteiger partial charge in [0.05, 0.1) is 22.7 Å². The molecule has 2 aromatic carbocycles. The van der Waals surface area contributed by atoms with E-state index < -0.39 is 20.2 Å². The molecule has 8 heteroatoms. The third kappa shape index (κ3) is 6.99. The summed E-state index contributed by atoms with van der Waals surface area (Å²) in [5.74, 6) is 0.308. The van der Waals surface area contributed by atoms with Gasteiger partial charge in [-0.1, -0.05) is 44.1 Å². The predicted molar refractivity (Wildman–Crippen MR) is 128 cm³/mol. The van der Waals surface area contributed by atoms with E-state index in [2.05, 4.69) is 0 Å². The number of aldehydes is 1. The minimum atomic E-state index is -3.91. The van der Waals surface area contributed by atoms with Gasteiger partial charge in [-0.2, -0.15) is 0 Å². The Morgan fingerprint density at radius 1 is 1.15 bits per heavy atom. The Morgan fingerprint density at radius 2 is 1.85 bits per heavy atom. The summed E-state index contributed by atoms with van der Waals surface area (Å²) in [6.07, 6.45) is 6.92. The fourth-order valence-corrected chi connectivity index (χ4v) is 5.84. The zero-order valence-corrected chi connectivity index (χ0v) is 20.1. The zero-order valence-electron chi connectivity index (χ0n) is 19.3. The number of carbonyl (C=O) groups is 1. The molecule has 0 radical (unpaired) electrons. The Kier molecular flexibility index (Phi) is 9.34. The molecule has 1 unspecified atom stereocenters.